The number of fused-ring (bicyclic) bond motifs is 2. The fourth-order valence-corrected chi connectivity index (χ4v) is 13.0. The van der Waals surface area contributed by atoms with Crippen LogP contribution in [0.25, 0.3) is 5.57 Å². The zero-order chi connectivity index (χ0) is 57.4. The topological polar surface area (TPSA) is 229 Å². The Morgan fingerprint density at radius 1 is 0.912 bits per heavy atom. The van der Waals surface area contributed by atoms with Crippen LogP contribution in [0.1, 0.15) is 168 Å². The van der Waals surface area contributed by atoms with Crippen molar-refractivity contribution >= 4 is 58.6 Å². The van der Waals surface area contributed by atoms with E-state index in [1.54, 1.807) is 24.0 Å². The van der Waals surface area contributed by atoms with Gasteiger partial charge in [-0.2, -0.15) is 0 Å². The highest BCUT2D eigenvalue weighted by Gasteiger charge is 2.47. The maximum Gasteiger partial charge on any atom is 0.270 e. The number of carbonyl (C=O) groups excluding carboxylic acids is 9. The van der Waals surface area contributed by atoms with E-state index in [-0.39, 0.29) is 85.7 Å². The highest BCUT2D eigenvalue weighted by molar-refractivity contribution is 6.06. The van der Waals surface area contributed by atoms with Gasteiger partial charge in [-0.25, -0.2) is 8.78 Å². The van der Waals surface area contributed by atoms with Crippen LogP contribution in [0.3, 0.4) is 0 Å². The predicted molar refractivity (Wildman–Crippen MR) is 295 cm³/mol. The molecule has 2 aromatic rings. The molecule has 8 rings (SSSR count). The van der Waals surface area contributed by atoms with E-state index in [9.17, 15) is 51.9 Å². The van der Waals surface area contributed by atoms with Crippen molar-refractivity contribution in [2.75, 3.05) is 27.2 Å². The molecule has 0 spiro atoms. The lowest BCUT2D eigenvalue weighted by molar-refractivity contribution is -0.145. The highest BCUT2D eigenvalue weighted by Crippen LogP contribution is 2.37. The number of likely N-dealkylation sites (tertiary alicyclic amines) is 1. The molecule has 1 unspecified atom stereocenters. The third kappa shape index (κ3) is 14.4. The minimum atomic E-state index is -3.02. The van der Waals surface area contributed by atoms with E-state index >= 15 is 0 Å². The van der Waals surface area contributed by atoms with Crippen molar-refractivity contribution in [3.63, 3.8) is 0 Å². The van der Waals surface area contributed by atoms with Crippen molar-refractivity contribution in [2.24, 2.45) is 23.5 Å². The molecule has 1 saturated carbocycles. The SMILES string of the molecule is C/C(=C\C(=O)N[C@H]1CC[C@H](N(C)C)C[C@H]2CC[C@@H](C(=O)N[C@@H](CCC(N)=O)C(=O)C[C@H](C(=O)N3CCC(CCC#Cc4cccc5c4CN(C4CCC(=O)NC4=O)C5=O)CC3)C3CCCCC3)N2C1=O)c1ccc(C(C)(F)F)cc1. The van der Waals surface area contributed by atoms with Gasteiger partial charge in [0.2, 0.25) is 41.4 Å². The van der Waals surface area contributed by atoms with Gasteiger partial charge in [0.1, 0.15) is 18.1 Å². The monoisotopic (exact) mass is 1100 g/mol. The minimum Gasteiger partial charge on any atom is -0.370 e. The second kappa shape index (κ2) is 26.2. The molecule has 1 aliphatic carbocycles. The smallest absolute Gasteiger partial charge is 0.270 e. The number of rotatable bonds is 18. The Balaban J connectivity index is 0.899. The number of carbonyl (C=O) groups is 9. The van der Waals surface area contributed by atoms with Gasteiger partial charge < -0.3 is 36.0 Å². The lowest BCUT2D eigenvalue weighted by atomic mass is 9.76. The lowest BCUT2D eigenvalue weighted by Gasteiger charge is -2.39. The van der Waals surface area contributed by atoms with Crippen LogP contribution >= 0.6 is 0 Å². The number of hydrogen-bond donors (Lipinski definition) is 4. The lowest BCUT2D eigenvalue weighted by Crippen LogP contribution is -2.59. The number of piperidine rings is 2. The number of hydrogen-bond acceptors (Lipinski definition) is 10. The first kappa shape index (κ1) is 59.3. The van der Waals surface area contributed by atoms with Gasteiger partial charge in [0, 0.05) is 93.0 Å². The molecule has 0 bridgehead atoms. The zero-order valence-electron chi connectivity index (χ0n) is 46.7. The summed E-state index contributed by atoms with van der Waals surface area (Å²) in [5.41, 5.74) is 8.55. The number of ketones is 1. The number of imide groups is 1. The number of alkyl halides is 2. The van der Waals surface area contributed by atoms with Crippen LogP contribution in [0.4, 0.5) is 8.78 Å². The number of benzene rings is 2. The van der Waals surface area contributed by atoms with Crippen LogP contribution in [0.2, 0.25) is 0 Å². The molecule has 19 heteroatoms. The molecular weight excluding hydrogens is 1030 g/mol. The number of amides is 8. The number of Topliss-reactive ketones (excluding diaryl/α,β-unsaturated/α-hetero) is 1. The van der Waals surface area contributed by atoms with Crippen molar-refractivity contribution in [1.29, 1.82) is 0 Å². The van der Waals surface area contributed by atoms with E-state index in [0.717, 1.165) is 69.4 Å². The highest BCUT2D eigenvalue weighted by atomic mass is 19.3. The minimum absolute atomic E-state index is 0.0222. The molecule has 17 nitrogen and oxygen atoms in total. The third-order valence-electron chi connectivity index (χ3n) is 17.7. The molecule has 7 atom stereocenters. The number of nitrogens with two attached hydrogens (primary N) is 1. The Labute approximate surface area is 467 Å². The molecule has 430 valence electrons. The van der Waals surface area contributed by atoms with E-state index in [1.807, 2.05) is 25.1 Å². The number of primary amides is 1. The summed E-state index contributed by atoms with van der Waals surface area (Å²) in [5.74, 6) is -0.503. The number of allylic oxidation sites excluding steroid dienone is 1. The first-order valence-electron chi connectivity index (χ1n) is 28.8. The van der Waals surface area contributed by atoms with Gasteiger partial charge in [0.15, 0.2) is 5.78 Å². The van der Waals surface area contributed by atoms with Crippen LogP contribution in [0, 0.1) is 29.6 Å². The fourth-order valence-electron chi connectivity index (χ4n) is 13.0. The van der Waals surface area contributed by atoms with Crippen molar-refractivity contribution in [1.82, 2.24) is 35.6 Å². The summed E-state index contributed by atoms with van der Waals surface area (Å²) in [6, 6.07) is 6.90. The van der Waals surface area contributed by atoms with Crippen molar-refractivity contribution in [3.05, 3.63) is 76.4 Å². The summed E-state index contributed by atoms with van der Waals surface area (Å²) in [6.45, 7) is 3.78. The molecule has 6 aliphatic rings. The van der Waals surface area contributed by atoms with Crippen LogP contribution in [-0.4, -0.2) is 136 Å². The van der Waals surface area contributed by atoms with Gasteiger partial charge in [-0.1, -0.05) is 61.4 Å². The van der Waals surface area contributed by atoms with E-state index < -0.39 is 65.5 Å². The third-order valence-corrected chi connectivity index (χ3v) is 17.7. The maximum atomic E-state index is 14.7. The molecule has 0 radical (unpaired) electrons. The summed E-state index contributed by atoms with van der Waals surface area (Å²) in [7, 11) is 3.90. The Kier molecular flexibility index (Phi) is 19.4. The number of nitrogens with zero attached hydrogens (tertiary/aromatic N) is 4. The average Bonchev–Trinajstić information content (AvgIpc) is 4.04. The van der Waals surface area contributed by atoms with E-state index in [1.165, 1.54) is 35.2 Å². The molecule has 80 heavy (non-hydrogen) atoms. The Bertz CT molecular complexity index is 2790. The molecule has 5 aliphatic heterocycles. The first-order chi connectivity index (χ1) is 38.2. The second-order valence-electron chi connectivity index (χ2n) is 23.4. The van der Waals surface area contributed by atoms with E-state index in [4.69, 9.17) is 5.73 Å². The summed E-state index contributed by atoms with van der Waals surface area (Å²) in [4.78, 5) is 129. The van der Waals surface area contributed by atoms with Gasteiger partial charge >= 0.3 is 0 Å². The Morgan fingerprint density at radius 3 is 2.31 bits per heavy atom. The van der Waals surface area contributed by atoms with Gasteiger partial charge in [-0.05, 0) is 139 Å². The molecular formula is C61H78F2N8O9. The molecule has 8 amide bonds. The van der Waals surface area contributed by atoms with Gasteiger partial charge in [-0.3, -0.25) is 48.5 Å². The van der Waals surface area contributed by atoms with Gasteiger partial charge in [0.25, 0.3) is 11.8 Å². The normalized spacial score (nSPS) is 24.0. The van der Waals surface area contributed by atoms with Crippen LogP contribution < -0.4 is 21.7 Å². The van der Waals surface area contributed by atoms with Crippen LogP contribution in [0.15, 0.2) is 48.5 Å². The van der Waals surface area contributed by atoms with E-state index in [0.29, 0.717) is 74.2 Å². The molecule has 5 N–H and O–H groups in total. The molecule has 2 aromatic carbocycles. The van der Waals surface area contributed by atoms with Crippen molar-refractivity contribution < 1.29 is 51.9 Å². The average molecular weight is 1110 g/mol. The quantitative estimate of drug-likeness (QED) is 0.0785. The summed E-state index contributed by atoms with van der Waals surface area (Å²) >= 11 is 0. The van der Waals surface area contributed by atoms with Crippen molar-refractivity contribution in [3.8, 4) is 11.8 Å². The zero-order valence-corrected chi connectivity index (χ0v) is 46.7. The first-order valence-corrected chi connectivity index (χ1v) is 28.8. The molecule has 5 heterocycles. The van der Waals surface area contributed by atoms with Crippen LogP contribution in [-0.2, 0) is 50.8 Å². The molecule has 5 fully saturated rings. The van der Waals surface area contributed by atoms with Gasteiger partial charge in [0.05, 0.1) is 6.04 Å². The number of halogens is 2. The Hall–Kier alpha value is -6.81. The van der Waals surface area contributed by atoms with Gasteiger partial charge in [-0.15, -0.1) is 0 Å². The van der Waals surface area contributed by atoms with Crippen LogP contribution in [0.5, 0.6) is 0 Å². The maximum absolute atomic E-state index is 14.7. The standard InChI is InChI=1S/C61H78F2N8O9/c1-37(39-17-19-42(20-18-39)61(2,62)63)33-55(75)65-49-23-21-43(68(3)4)34-44-22-25-51(71(44)60(49)80)57(77)66-48(24-27-53(64)73)52(72)35-46(40-12-6-5-7-13-40)58(78)69-31-29-38(30-32-69)11-8-9-14-41-15-10-16-45-47(41)36-70(59(45)79)50-26-28-54(74)67-56(50)76/h10,15-20,33,38,40,43-44,46,48-51H,5-8,11-13,21-32,34-36H2,1-4H3,(H2,64,73)(H,65,75)(H,66,77)(H,67,74,76)/b37-33+/t43-,44+,46-,48-,49-,50?,51-/m0/s1. The number of nitrogens with one attached hydrogen (secondary N) is 3. The molecule has 4 saturated heterocycles. The summed E-state index contributed by atoms with van der Waals surface area (Å²) in [5, 5.41) is 8.14. The second-order valence-corrected chi connectivity index (χ2v) is 23.4. The summed E-state index contributed by atoms with van der Waals surface area (Å²) in [6.07, 6.45) is 11.1. The molecule has 0 aromatic heterocycles. The predicted octanol–water partition coefficient (Wildman–Crippen LogP) is 5.90. The van der Waals surface area contributed by atoms with Crippen molar-refractivity contribution in [2.45, 2.75) is 185 Å². The summed E-state index contributed by atoms with van der Waals surface area (Å²) < 4.78 is 27.8. The fraction of sp³-hybridized carbons (Fsp3) is 0.590. The Morgan fingerprint density at radius 2 is 1.64 bits per heavy atom. The van der Waals surface area contributed by atoms with E-state index in [2.05, 4.69) is 32.7 Å². The largest absolute Gasteiger partial charge is 0.370 e.